The second-order valence-corrected chi connectivity index (χ2v) is 8.97. The lowest BCUT2D eigenvalue weighted by molar-refractivity contribution is 0.237. The summed E-state index contributed by atoms with van der Waals surface area (Å²) in [5.41, 5.74) is 3.90. The first-order chi connectivity index (χ1) is 13.3. The van der Waals surface area contributed by atoms with Gasteiger partial charge >= 0.3 is 5.63 Å². The van der Waals surface area contributed by atoms with Gasteiger partial charge in [0, 0.05) is 17.8 Å². The van der Waals surface area contributed by atoms with Crippen LogP contribution in [0.5, 0.6) is 5.75 Å². The first kappa shape index (κ1) is 19.1. The number of rotatable bonds is 4. The minimum Gasteiger partial charge on any atom is -0.492 e. The number of aromatic nitrogens is 2. The zero-order valence-electron chi connectivity index (χ0n) is 16.7. The number of pyridine rings is 1. The van der Waals surface area contributed by atoms with Crippen LogP contribution in [-0.4, -0.2) is 16.3 Å². The fourth-order valence-corrected chi connectivity index (χ4v) is 4.09. The molecule has 0 saturated heterocycles. The van der Waals surface area contributed by atoms with Crippen LogP contribution in [0.1, 0.15) is 52.1 Å². The van der Waals surface area contributed by atoms with Crippen LogP contribution in [0.4, 0.5) is 0 Å². The molecule has 1 aromatic rings. The summed E-state index contributed by atoms with van der Waals surface area (Å²) >= 11 is 6.54. The Morgan fingerprint density at radius 2 is 2.07 bits per heavy atom. The summed E-state index contributed by atoms with van der Waals surface area (Å²) < 4.78 is 13.0. The van der Waals surface area contributed by atoms with Crippen molar-refractivity contribution >= 4 is 11.6 Å². The minimum atomic E-state index is -0.401. The van der Waals surface area contributed by atoms with Gasteiger partial charge < -0.3 is 13.8 Å². The monoisotopic (exact) mass is 400 g/mol. The summed E-state index contributed by atoms with van der Waals surface area (Å²) in [6.07, 6.45) is 4.79. The molecule has 0 aliphatic carbocycles. The van der Waals surface area contributed by atoms with Gasteiger partial charge in [-0.25, -0.2) is 4.79 Å². The van der Waals surface area contributed by atoms with Crippen molar-refractivity contribution in [2.24, 2.45) is 5.41 Å². The largest absolute Gasteiger partial charge is 0.492 e. The first-order valence-corrected chi connectivity index (χ1v) is 10.1. The van der Waals surface area contributed by atoms with Crippen LogP contribution in [0.2, 0.25) is 5.02 Å². The van der Waals surface area contributed by atoms with E-state index in [9.17, 15) is 4.79 Å². The summed E-state index contributed by atoms with van der Waals surface area (Å²) in [6.45, 7) is 9.44. The molecule has 4 rings (SSSR count). The van der Waals surface area contributed by atoms with E-state index in [2.05, 4.69) is 43.5 Å². The quantitative estimate of drug-likeness (QED) is 0.536. The molecule has 0 amide bonds. The third kappa shape index (κ3) is 3.22. The van der Waals surface area contributed by atoms with Crippen LogP contribution in [0.15, 0.2) is 33.7 Å². The molecule has 0 aromatic heterocycles. The Labute approximate surface area is 169 Å². The molecule has 0 bridgehead atoms. The van der Waals surface area contributed by atoms with E-state index in [-0.39, 0.29) is 11.5 Å². The highest BCUT2D eigenvalue weighted by Gasteiger charge is 2.34. The summed E-state index contributed by atoms with van der Waals surface area (Å²) in [4.78, 5) is 12.0. The first-order valence-electron chi connectivity index (χ1n) is 9.76. The molecule has 3 aliphatic rings. The van der Waals surface area contributed by atoms with Gasteiger partial charge in [-0.15, -0.1) is 0 Å². The Morgan fingerprint density at radius 3 is 2.79 bits per heavy atom. The van der Waals surface area contributed by atoms with Crippen LogP contribution in [-0.2, 0) is 6.42 Å². The molecule has 0 saturated carbocycles. The Balaban J connectivity index is 1.89. The molecule has 3 heterocycles. The van der Waals surface area contributed by atoms with E-state index in [0.29, 0.717) is 22.9 Å². The Bertz CT molecular complexity index is 1040. The van der Waals surface area contributed by atoms with E-state index in [0.717, 1.165) is 36.3 Å². The summed E-state index contributed by atoms with van der Waals surface area (Å²) in [6, 6.07) is 6.14. The number of hydrogen-bond donors (Lipinski definition) is 0. The number of halogens is 1. The highest BCUT2D eigenvalue weighted by Crippen LogP contribution is 2.46. The SMILES string of the molecule is CCCCOc1cc2c(cc1Cl)-c1cc3noc(=O)c-3cn1C(C(C)(C)C)C2. The van der Waals surface area contributed by atoms with Crippen molar-refractivity contribution in [2.45, 2.75) is 53.0 Å². The molecule has 28 heavy (non-hydrogen) atoms. The van der Waals surface area contributed by atoms with Crippen molar-refractivity contribution in [3.05, 3.63) is 45.4 Å². The second-order valence-electron chi connectivity index (χ2n) is 8.56. The molecular weight excluding hydrogens is 376 g/mol. The lowest BCUT2D eigenvalue weighted by atomic mass is 9.78. The third-order valence-electron chi connectivity index (χ3n) is 5.48. The Hall–Kier alpha value is -2.27. The normalized spacial score (nSPS) is 16.1. The van der Waals surface area contributed by atoms with E-state index in [4.69, 9.17) is 20.9 Å². The number of hydrogen-bond acceptors (Lipinski definition) is 4. The van der Waals surface area contributed by atoms with Crippen LogP contribution in [0.25, 0.3) is 22.5 Å². The highest BCUT2D eigenvalue weighted by atomic mass is 35.5. The molecule has 3 aliphatic heterocycles. The van der Waals surface area contributed by atoms with E-state index >= 15 is 0 Å². The van der Waals surface area contributed by atoms with Gasteiger partial charge in [-0.2, -0.15) is 0 Å². The van der Waals surface area contributed by atoms with Crippen molar-refractivity contribution in [1.82, 2.24) is 9.72 Å². The van der Waals surface area contributed by atoms with Crippen LogP contribution in [0.3, 0.4) is 0 Å². The van der Waals surface area contributed by atoms with Crippen molar-refractivity contribution in [3.8, 4) is 28.3 Å². The van der Waals surface area contributed by atoms with Gasteiger partial charge in [-0.05, 0) is 42.0 Å². The maximum absolute atomic E-state index is 12.0. The van der Waals surface area contributed by atoms with Crippen LogP contribution < -0.4 is 10.4 Å². The van der Waals surface area contributed by atoms with E-state index in [1.54, 1.807) is 0 Å². The number of fused-ring (bicyclic) bond motifs is 4. The van der Waals surface area contributed by atoms with Gasteiger partial charge in [0.05, 0.1) is 17.3 Å². The number of ether oxygens (including phenoxy) is 1. The average molecular weight is 401 g/mol. The maximum atomic E-state index is 12.0. The maximum Gasteiger partial charge on any atom is 0.369 e. The Morgan fingerprint density at radius 1 is 1.29 bits per heavy atom. The van der Waals surface area contributed by atoms with Crippen molar-refractivity contribution in [2.75, 3.05) is 6.61 Å². The molecule has 6 heteroatoms. The minimum absolute atomic E-state index is 0.00609. The molecule has 0 spiro atoms. The van der Waals surface area contributed by atoms with Gasteiger partial charge in [0.2, 0.25) is 0 Å². The van der Waals surface area contributed by atoms with E-state index < -0.39 is 5.63 Å². The smallest absolute Gasteiger partial charge is 0.369 e. The van der Waals surface area contributed by atoms with Gasteiger partial charge in [-0.1, -0.05) is 50.9 Å². The van der Waals surface area contributed by atoms with E-state index in [1.165, 1.54) is 5.56 Å². The fraction of sp³-hybridized carbons (Fsp3) is 0.455. The molecule has 0 fully saturated rings. The van der Waals surface area contributed by atoms with Gasteiger partial charge in [0.1, 0.15) is 17.0 Å². The predicted octanol–water partition coefficient (Wildman–Crippen LogP) is 5.58. The lowest BCUT2D eigenvalue weighted by Crippen LogP contribution is -2.31. The zero-order valence-corrected chi connectivity index (χ0v) is 17.5. The van der Waals surface area contributed by atoms with E-state index in [1.807, 2.05) is 18.3 Å². The zero-order chi connectivity index (χ0) is 20.1. The second kappa shape index (κ2) is 6.96. The molecule has 148 valence electrons. The molecule has 1 atom stereocenters. The highest BCUT2D eigenvalue weighted by molar-refractivity contribution is 6.32. The summed E-state index contributed by atoms with van der Waals surface area (Å²) in [5.74, 6) is 0.735. The molecule has 1 aromatic carbocycles. The molecule has 0 radical (unpaired) electrons. The third-order valence-corrected chi connectivity index (χ3v) is 5.78. The standard InChI is InChI=1S/C22H25ClN2O3/c1-5-6-7-27-19-8-13-9-20(22(2,3)4)25-12-15-17(24-28-21(15)26)11-18(25)14(13)10-16(19)23/h8,10-12,20H,5-7,9H2,1-4H3. The molecule has 5 nitrogen and oxygen atoms in total. The fourth-order valence-electron chi connectivity index (χ4n) is 3.87. The number of nitrogens with zero attached hydrogens (tertiary/aromatic N) is 2. The van der Waals surface area contributed by atoms with Gasteiger partial charge in [0.25, 0.3) is 0 Å². The molecular formula is C22H25ClN2O3. The summed E-state index contributed by atoms with van der Waals surface area (Å²) in [5, 5.41) is 4.52. The average Bonchev–Trinajstić information content (AvgIpc) is 3.00. The topological polar surface area (TPSA) is 57.3 Å². The molecule has 1 unspecified atom stereocenters. The van der Waals surface area contributed by atoms with Gasteiger partial charge in [0.15, 0.2) is 0 Å². The van der Waals surface area contributed by atoms with Crippen molar-refractivity contribution in [1.29, 1.82) is 0 Å². The Kier molecular flexibility index (Phi) is 4.74. The number of unbranched alkanes of at least 4 members (excludes halogenated alkanes) is 1. The summed E-state index contributed by atoms with van der Waals surface area (Å²) in [7, 11) is 0. The van der Waals surface area contributed by atoms with Crippen molar-refractivity contribution in [3.63, 3.8) is 0 Å². The van der Waals surface area contributed by atoms with Crippen molar-refractivity contribution < 1.29 is 9.26 Å². The number of benzene rings is 1. The predicted molar refractivity (Wildman–Crippen MR) is 110 cm³/mol. The van der Waals surface area contributed by atoms with Crippen LogP contribution in [0, 0.1) is 5.41 Å². The van der Waals surface area contributed by atoms with Crippen LogP contribution >= 0.6 is 11.6 Å². The van der Waals surface area contributed by atoms with Gasteiger partial charge in [-0.3, -0.25) is 0 Å². The molecule has 0 N–H and O–H groups in total. The lowest BCUT2D eigenvalue weighted by Gasteiger charge is -2.39.